The van der Waals surface area contributed by atoms with Gasteiger partial charge >= 0.3 is 0 Å². The lowest BCUT2D eigenvalue weighted by atomic mass is 9.98. The topological polar surface area (TPSA) is 33.0 Å². The summed E-state index contributed by atoms with van der Waals surface area (Å²) in [7, 11) is 0. The van der Waals surface area contributed by atoms with Crippen molar-refractivity contribution in [1.29, 1.82) is 5.26 Å². The fourth-order valence-corrected chi connectivity index (χ4v) is 2.30. The van der Waals surface area contributed by atoms with Gasteiger partial charge in [0.1, 0.15) is 24.2 Å². The lowest BCUT2D eigenvalue weighted by Crippen LogP contribution is -1.99. The summed E-state index contributed by atoms with van der Waals surface area (Å²) in [6, 6.07) is 12.3. The molecule has 0 N–H and O–H groups in total. The highest BCUT2D eigenvalue weighted by molar-refractivity contribution is 5.37. The summed E-state index contributed by atoms with van der Waals surface area (Å²) in [5, 5.41) is 8.82. The van der Waals surface area contributed by atoms with E-state index in [9.17, 15) is 4.39 Å². The first kappa shape index (κ1) is 15.1. The van der Waals surface area contributed by atoms with Gasteiger partial charge in [-0.25, -0.2) is 4.39 Å². The van der Waals surface area contributed by atoms with Crippen LogP contribution in [0.3, 0.4) is 0 Å². The Morgan fingerprint density at radius 1 is 1.19 bits per heavy atom. The molecular weight excluding hydrogens is 265 g/mol. The summed E-state index contributed by atoms with van der Waals surface area (Å²) in [6.07, 6.45) is 0. The van der Waals surface area contributed by atoms with Crippen LogP contribution >= 0.6 is 0 Å². The summed E-state index contributed by atoms with van der Waals surface area (Å²) in [4.78, 5) is 0. The molecule has 0 amide bonds. The van der Waals surface area contributed by atoms with E-state index >= 15 is 0 Å². The molecule has 0 aliphatic rings. The van der Waals surface area contributed by atoms with Crippen LogP contribution in [-0.4, -0.2) is 0 Å². The molecule has 21 heavy (non-hydrogen) atoms. The van der Waals surface area contributed by atoms with Crippen LogP contribution in [0, 0.1) is 24.1 Å². The Morgan fingerprint density at radius 2 is 1.95 bits per heavy atom. The Hall–Kier alpha value is -2.34. The van der Waals surface area contributed by atoms with E-state index in [1.54, 1.807) is 6.07 Å². The van der Waals surface area contributed by atoms with Crippen LogP contribution in [0.1, 0.15) is 42.0 Å². The Morgan fingerprint density at radius 3 is 2.57 bits per heavy atom. The minimum Gasteiger partial charge on any atom is -0.489 e. The average molecular weight is 283 g/mol. The van der Waals surface area contributed by atoms with E-state index in [1.165, 1.54) is 23.3 Å². The second-order valence-electron chi connectivity index (χ2n) is 5.39. The highest BCUT2D eigenvalue weighted by Gasteiger charge is 2.06. The fourth-order valence-electron chi connectivity index (χ4n) is 2.30. The highest BCUT2D eigenvalue weighted by atomic mass is 19.1. The smallest absolute Gasteiger partial charge is 0.140 e. The molecule has 0 aliphatic heterocycles. The molecule has 2 aromatic carbocycles. The normalized spacial score (nSPS) is 10.5. The van der Waals surface area contributed by atoms with Gasteiger partial charge in [-0.15, -0.1) is 0 Å². The third-order valence-electron chi connectivity index (χ3n) is 3.42. The van der Waals surface area contributed by atoms with E-state index in [2.05, 4.69) is 26.8 Å². The van der Waals surface area contributed by atoms with Crippen molar-refractivity contribution in [2.75, 3.05) is 0 Å². The second-order valence-corrected chi connectivity index (χ2v) is 5.39. The molecule has 0 aliphatic carbocycles. The number of benzene rings is 2. The predicted molar refractivity (Wildman–Crippen MR) is 80.7 cm³/mol. The number of aryl methyl sites for hydroxylation is 1. The lowest BCUT2D eigenvalue weighted by Gasteiger charge is -2.12. The quantitative estimate of drug-likeness (QED) is 0.814. The number of hydrogen-bond donors (Lipinski definition) is 0. The number of nitriles is 1. The molecule has 0 saturated heterocycles. The summed E-state index contributed by atoms with van der Waals surface area (Å²) in [5.74, 6) is 0.757. The van der Waals surface area contributed by atoms with Gasteiger partial charge in [-0.1, -0.05) is 26.0 Å². The number of rotatable bonds is 4. The van der Waals surface area contributed by atoms with Crippen molar-refractivity contribution < 1.29 is 9.13 Å². The zero-order chi connectivity index (χ0) is 15.4. The first-order valence-electron chi connectivity index (χ1n) is 6.93. The Kier molecular flexibility index (Phi) is 4.59. The van der Waals surface area contributed by atoms with Crippen molar-refractivity contribution in [3.05, 3.63) is 64.5 Å². The maximum Gasteiger partial charge on any atom is 0.140 e. The van der Waals surface area contributed by atoms with Gasteiger partial charge in [-0.05, 0) is 53.8 Å². The molecule has 0 spiro atoms. The van der Waals surface area contributed by atoms with Gasteiger partial charge < -0.3 is 4.74 Å². The Labute approximate surface area is 124 Å². The number of hydrogen-bond acceptors (Lipinski definition) is 2. The lowest BCUT2D eigenvalue weighted by molar-refractivity contribution is 0.305. The largest absolute Gasteiger partial charge is 0.489 e. The number of ether oxygens (including phenoxy) is 1. The minimum atomic E-state index is -0.501. The van der Waals surface area contributed by atoms with Gasteiger partial charge in [0.25, 0.3) is 0 Å². The SMILES string of the molecule is Cc1cc(OCc2ccc(F)c(C#N)c2)ccc1C(C)C. The van der Waals surface area contributed by atoms with Crippen molar-refractivity contribution >= 4 is 0 Å². The molecule has 108 valence electrons. The number of halogens is 1. The molecule has 3 heteroatoms. The first-order chi connectivity index (χ1) is 10.0. The molecule has 0 bridgehead atoms. The van der Waals surface area contributed by atoms with Gasteiger partial charge in [0, 0.05) is 0 Å². The van der Waals surface area contributed by atoms with Crippen molar-refractivity contribution in [3.63, 3.8) is 0 Å². The van der Waals surface area contributed by atoms with E-state index < -0.39 is 5.82 Å². The van der Waals surface area contributed by atoms with Crippen molar-refractivity contribution in [3.8, 4) is 11.8 Å². The van der Waals surface area contributed by atoms with E-state index in [0.29, 0.717) is 12.5 Å². The van der Waals surface area contributed by atoms with E-state index in [-0.39, 0.29) is 5.56 Å². The number of nitrogens with zero attached hydrogens (tertiary/aromatic N) is 1. The third kappa shape index (κ3) is 3.61. The molecule has 2 aromatic rings. The highest BCUT2D eigenvalue weighted by Crippen LogP contribution is 2.24. The van der Waals surface area contributed by atoms with Gasteiger partial charge in [0.15, 0.2) is 0 Å². The molecule has 2 rings (SSSR count). The molecule has 0 saturated carbocycles. The standard InChI is InChI=1S/C18H18FNO/c1-12(2)17-6-5-16(8-13(17)3)21-11-14-4-7-18(19)15(9-14)10-20/h4-9,12H,11H2,1-3H3. The van der Waals surface area contributed by atoms with E-state index in [1.807, 2.05) is 18.2 Å². The Bertz CT molecular complexity index is 686. The molecular formula is C18H18FNO. The van der Waals surface area contributed by atoms with Gasteiger partial charge in [0.2, 0.25) is 0 Å². The zero-order valence-electron chi connectivity index (χ0n) is 12.5. The monoisotopic (exact) mass is 283 g/mol. The zero-order valence-corrected chi connectivity index (χ0v) is 12.5. The second kappa shape index (κ2) is 6.41. The average Bonchev–Trinajstić information content (AvgIpc) is 2.46. The third-order valence-corrected chi connectivity index (χ3v) is 3.42. The van der Waals surface area contributed by atoms with Crippen molar-refractivity contribution in [2.24, 2.45) is 0 Å². The van der Waals surface area contributed by atoms with Crippen LogP contribution in [0.25, 0.3) is 0 Å². The summed E-state index contributed by atoms with van der Waals surface area (Å²) >= 11 is 0. The van der Waals surface area contributed by atoms with Crippen LogP contribution in [0.15, 0.2) is 36.4 Å². The maximum absolute atomic E-state index is 13.2. The van der Waals surface area contributed by atoms with Gasteiger partial charge in [-0.3, -0.25) is 0 Å². The van der Waals surface area contributed by atoms with Crippen LogP contribution in [0.5, 0.6) is 5.75 Å². The molecule has 0 radical (unpaired) electrons. The predicted octanol–water partition coefficient (Wildman–Crippen LogP) is 4.71. The minimum absolute atomic E-state index is 0.0439. The summed E-state index contributed by atoms with van der Waals surface area (Å²) in [6.45, 7) is 6.69. The fraction of sp³-hybridized carbons (Fsp3) is 0.278. The molecule has 0 fully saturated rings. The van der Waals surface area contributed by atoms with Crippen molar-refractivity contribution in [2.45, 2.75) is 33.3 Å². The van der Waals surface area contributed by atoms with E-state index in [4.69, 9.17) is 10.00 Å². The molecule has 0 heterocycles. The van der Waals surface area contributed by atoms with Gasteiger partial charge in [-0.2, -0.15) is 5.26 Å². The molecule has 0 unspecified atom stereocenters. The van der Waals surface area contributed by atoms with Crippen LogP contribution < -0.4 is 4.74 Å². The molecule has 2 nitrogen and oxygen atoms in total. The Balaban J connectivity index is 2.10. The summed E-state index contributed by atoms with van der Waals surface area (Å²) < 4.78 is 19.0. The van der Waals surface area contributed by atoms with Crippen molar-refractivity contribution in [1.82, 2.24) is 0 Å². The molecule has 0 atom stereocenters. The van der Waals surface area contributed by atoms with E-state index in [0.717, 1.165) is 11.3 Å². The molecule has 0 aromatic heterocycles. The van der Waals surface area contributed by atoms with Crippen LogP contribution in [0.4, 0.5) is 4.39 Å². The first-order valence-corrected chi connectivity index (χ1v) is 6.93. The van der Waals surface area contributed by atoms with Crippen LogP contribution in [0.2, 0.25) is 0 Å². The van der Waals surface area contributed by atoms with Crippen LogP contribution in [-0.2, 0) is 6.61 Å². The maximum atomic E-state index is 13.2. The summed E-state index contributed by atoms with van der Waals surface area (Å²) in [5.41, 5.74) is 3.32. The van der Waals surface area contributed by atoms with Gasteiger partial charge in [0.05, 0.1) is 5.56 Å².